The fraction of sp³-hybridized carbons (Fsp3) is 0.0625. The van der Waals surface area contributed by atoms with E-state index in [0.29, 0.717) is 27.6 Å². The first kappa shape index (κ1) is 30.9. The third-order valence-corrected chi connectivity index (χ3v) is 10.2. The lowest BCUT2D eigenvalue weighted by Gasteiger charge is -2.26. The molecule has 16 heteroatoms. The van der Waals surface area contributed by atoms with Crippen LogP contribution in [-0.2, 0) is 28.8 Å². The number of hydrogen-bond donors (Lipinski definition) is 0. The Kier molecular flexibility index (Phi) is 7.06. The average Bonchev–Trinajstić information content (AvgIpc) is 3.09. The zero-order valence-corrected chi connectivity index (χ0v) is 26.3. The Morgan fingerprint density at radius 2 is 0.792 bits per heavy atom. The minimum absolute atomic E-state index is 0.00982. The van der Waals surface area contributed by atoms with E-state index in [2.05, 4.69) is 0 Å². The minimum Gasteiger partial charge on any atom is -0.495 e. The second-order valence-electron chi connectivity index (χ2n) is 10.4. The quantitative estimate of drug-likeness (QED) is 0.215. The van der Waals surface area contributed by atoms with E-state index in [1.165, 1.54) is 24.3 Å². The topological polar surface area (TPSA) is 180 Å². The third-order valence-electron chi connectivity index (χ3n) is 7.80. The molecule has 5 aromatic rings. The summed E-state index contributed by atoms with van der Waals surface area (Å²) < 4.78 is 75.2. The van der Waals surface area contributed by atoms with Gasteiger partial charge in [0, 0.05) is 16.8 Å². The molecule has 0 radical (unpaired) electrons. The molecule has 0 N–H and O–H groups in total. The van der Waals surface area contributed by atoms with E-state index < -0.39 is 65.2 Å². The maximum absolute atomic E-state index is 13.7. The molecular weight excluding hydrogens is 668 g/mol. The SMILES string of the molecule is COc1cc(OC)c(S(=O)(=O)ON2C(=O)c3cccc4cccc(c34)C2=O)cc1S(=O)(=O)ON1C(=O)c2cccc3cccc(c23)C1=O. The van der Waals surface area contributed by atoms with E-state index in [0.717, 1.165) is 20.3 Å². The van der Waals surface area contributed by atoms with Crippen LogP contribution in [0.1, 0.15) is 41.4 Å². The van der Waals surface area contributed by atoms with Crippen LogP contribution in [0, 0.1) is 0 Å². The highest BCUT2D eigenvalue weighted by Gasteiger charge is 2.41. The maximum atomic E-state index is 13.7. The zero-order valence-electron chi connectivity index (χ0n) is 24.7. The van der Waals surface area contributed by atoms with Gasteiger partial charge in [0.15, 0.2) is 0 Å². The van der Waals surface area contributed by atoms with Gasteiger partial charge in [-0.05, 0) is 41.1 Å². The van der Waals surface area contributed by atoms with Crippen LogP contribution in [0.2, 0.25) is 0 Å². The minimum atomic E-state index is -5.23. The number of amides is 4. The molecule has 5 aromatic carbocycles. The van der Waals surface area contributed by atoms with E-state index in [1.807, 2.05) is 0 Å². The van der Waals surface area contributed by atoms with Gasteiger partial charge in [-0.2, -0.15) is 16.8 Å². The predicted octanol–water partition coefficient (Wildman–Crippen LogP) is 3.84. The molecule has 2 aliphatic rings. The Morgan fingerprint density at radius 3 is 1.08 bits per heavy atom. The van der Waals surface area contributed by atoms with Gasteiger partial charge in [0.05, 0.1) is 36.5 Å². The summed E-state index contributed by atoms with van der Waals surface area (Å²) in [4.78, 5) is 51.4. The van der Waals surface area contributed by atoms with Gasteiger partial charge >= 0.3 is 20.2 Å². The van der Waals surface area contributed by atoms with Crippen LogP contribution in [0.4, 0.5) is 0 Å². The summed E-state index contributed by atoms with van der Waals surface area (Å²) in [6, 6.07) is 19.8. The van der Waals surface area contributed by atoms with Crippen molar-refractivity contribution >= 4 is 65.4 Å². The van der Waals surface area contributed by atoms with Gasteiger partial charge in [-0.15, -0.1) is 18.7 Å². The molecule has 0 unspecified atom stereocenters. The van der Waals surface area contributed by atoms with Crippen molar-refractivity contribution in [2.75, 3.05) is 14.2 Å². The van der Waals surface area contributed by atoms with E-state index in [-0.39, 0.29) is 32.4 Å². The fourth-order valence-electron chi connectivity index (χ4n) is 5.66. The number of carbonyl (C=O) groups excluding carboxylic acids is 4. The molecule has 0 saturated heterocycles. The molecule has 4 amide bonds. The molecule has 0 fully saturated rings. The summed E-state index contributed by atoms with van der Waals surface area (Å²) in [6.45, 7) is 0. The van der Waals surface area contributed by atoms with E-state index in [4.69, 9.17) is 18.0 Å². The summed E-state index contributed by atoms with van der Waals surface area (Å²) in [5, 5.41) is 1.83. The Bertz CT molecular complexity index is 2240. The molecule has 242 valence electrons. The van der Waals surface area contributed by atoms with Crippen LogP contribution < -0.4 is 9.47 Å². The van der Waals surface area contributed by atoms with Crippen LogP contribution in [0.15, 0.2) is 94.7 Å². The third kappa shape index (κ3) is 4.61. The Morgan fingerprint density at radius 1 is 0.479 bits per heavy atom. The molecule has 48 heavy (non-hydrogen) atoms. The van der Waals surface area contributed by atoms with Crippen molar-refractivity contribution in [2.45, 2.75) is 9.79 Å². The van der Waals surface area contributed by atoms with Crippen molar-refractivity contribution in [1.82, 2.24) is 10.1 Å². The van der Waals surface area contributed by atoms with Gasteiger partial charge in [0.25, 0.3) is 23.6 Å². The molecule has 0 saturated carbocycles. The van der Waals surface area contributed by atoms with Crippen LogP contribution in [0.5, 0.6) is 11.5 Å². The Labute approximate surface area is 271 Å². The number of hydrogen-bond acceptors (Lipinski definition) is 12. The van der Waals surface area contributed by atoms with Crippen LogP contribution in [0.3, 0.4) is 0 Å². The summed E-state index contributed by atoms with van der Waals surface area (Å²) in [5.74, 6) is -5.36. The Hall–Kier alpha value is -5.68. The first-order valence-corrected chi connectivity index (χ1v) is 16.7. The number of ether oxygens (including phenoxy) is 2. The van der Waals surface area contributed by atoms with Crippen molar-refractivity contribution < 1.29 is 54.1 Å². The van der Waals surface area contributed by atoms with Crippen molar-refractivity contribution in [3.05, 3.63) is 107 Å². The molecular formula is C32H20N2O12S2. The highest BCUT2D eigenvalue weighted by atomic mass is 32.2. The highest BCUT2D eigenvalue weighted by molar-refractivity contribution is 7.87. The van der Waals surface area contributed by atoms with Gasteiger partial charge in [0.2, 0.25) is 0 Å². The number of hydroxylamine groups is 4. The molecule has 0 aliphatic carbocycles. The summed E-state index contributed by atoms with van der Waals surface area (Å²) in [6.07, 6.45) is 0. The van der Waals surface area contributed by atoms with E-state index >= 15 is 0 Å². The number of rotatable bonds is 8. The monoisotopic (exact) mass is 688 g/mol. The van der Waals surface area contributed by atoms with Gasteiger partial charge in [0.1, 0.15) is 21.3 Å². The lowest BCUT2D eigenvalue weighted by Crippen LogP contribution is -2.42. The van der Waals surface area contributed by atoms with Gasteiger partial charge in [-0.1, -0.05) is 48.5 Å². The van der Waals surface area contributed by atoms with E-state index in [1.54, 1.807) is 48.5 Å². The van der Waals surface area contributed by atoms with Crippen molar-refractivity contribution in [2.24, 2.45) is 0 Å². The van der Waals surface area contributed by atoms with E-state index in [9.17, 15) is 36.0 Å². The van der Waals surface area contributed by atoms with Gasteiger partial charge in [-0.3, -0.25) is 19.2 Å². The number of carbonyl (C=O) groups is 4. The molecule has 7 rings (SSSR count). The van der Waals surface area contributed by atoms with Crippen LogP contribution in [0.25, 0.3) is 21.5 Å². The highest BCUT2D eigenvalue weighted by Crippen LogP contribution is 2.39. The van der Waals surface area contributed by atoms with Crippen LogP contribution >= 0.6 is 0 Å². The first-order valence-electron chi connectivity index (χ1n) is 13.8. The second-order valence-corrected chi connectivity index (χ2v) is 13.4. The van der Waals surface area contributed by atoms with Gasteiger partial charge < -0.3 is 9.47 Å². The van der Waals surface area contributed by atoms with Crippen molar-refractivity contribution in [3.63, 3.8) is 0 Å². The molecule has 0 aromatic heterocycles. The zero-order chi connectivity index (χ0) is 34.1. The largest absolute Gasteiger partial charge is 0.495 e. The van der Waals surface area contributed by atoms with Gasteiger partial charge in [-0.25, -0.2) is 0 Å². The normalized spacial score (nSPS) is 14.6. The second kappa shape index (κ2) is 11.0. The average molecular weight is 689 g/mol. The predicted molar refractivity (Wildman–Crippen MR) is 165 cm³/mol. The smallest absolute Gasteiger partial charge is 0.322 e. The molecule has 0 atom stereocenters. The number of imide groups is 2. The summed E-state index contributed by atoms with van der Waals surface area (Å²) in [5.41, 5.74) is -0.0393. The number of methoxy groups -OCH3 is 2. The van der Waals surface area contributed by atoms with Crippen LogP contribution in [-0.4, -0.2) is 64.8 Å². The first-order chi connectivity index (χ1) is 22.9. The molecule has 2 heterocycles. The maximum Gasteiger partial charge on any atom is 0.322 e. The summed E-state index contributed by atoms with van der Waals surface area (Å²) in [7, 11) is -8.34. The standard InChI is InChI=1S/C32H20N2O12S2/c1-43-23-15-24(44-2)26(48(41,42)46-34-31(37)21-13-5-9-18-10-6-14-22(28(18)21)32(34)38)16-25(23)47(39,40)45-33-29(35)19-11-3-7-17-8-4-12-20(27(17)19)30(33)36/h3-16H,1-2H3. The molecule has 14 nitrogen and oxygen atoms in total. The van der Waals surface area contributed by atoms with Crippen molar-refractivity contribution in [1.29, 1.82) is 0 Å². The number of nitrogens with zero attached hydrogens (tertiary/aromatic N) is 2. The molecule has 0 spiro atoms. The molecule has 0 bridgehead atoms. The van der Waals surface area contributed by atoms with Crippen molar-refractivity contribution in [3.8, 4) is 11.5 Å². The summed E-state index contributed by atoms with van der Waals surface area (Å²) >= 11 is 0. The lowest BCUT2D eigenvalue weighted by atomic mass is 9.95. The molecule has 2 aliphatic heterocycles. The number of benzene rings is 5. The Balaban J connectivity index is 1.27. The fourth-order valence-corrected chi connectivity index (χ4v) is 7.86. The lowest BCUT2D eigenvalue weighted by molar-refractivity contribution is -0.0156.